The number of hydrogen-bond donors (Lipinski definition) is 0. The average Bonchev–Trinajstić information content (AvgIpc) is 3.12. The molecule has 0 unspecified atom stereocenters. The van der Waals surface area contributed by atoms with Gasteiger partial charge in [0.05, 0.1) is 17.9 Å². The second-order valence-corrected chi connectivity index (χ2v) is 5.79. The predicted octanol–water partition coefficient (Wildman–Crippen LogP) is 0.804. The summed E-state index contributed by atoms with van der Waals surface area (Å²) < 4.78 is 28.2. The third-order valence-corrected chi connectivity index (χ3v) is 4.57. The summed E-state index contributed by atoms with van der Waals surface area (Å²) in [5.74, 6) is -0.561. The fourth-order valence-electron chi connectivity index (χ4n) is 1.36. The molecule has 1 saturated carbocycles. The summed E-state index contributed by atoms with van der Waals surface area (Å²) in [7, 11) is -2.10. The molecule has 0 radical (unpaired) electrons. The van der Waals surface area contributed by atoms with Crippen molar-refractivity contribution < 1.29 is 17.9 Å². The number of aromatic nitrogens is 1. The fourth-order valence-corrected chi connectivity index (χ4v) is 2.96. The van der Waals surface area contributed by atoms with Gasteiger partial charge in [0, 0.05) is 6.20 Å². The van der Waals surface area contributed by atoms with E-state index in [2.05, 4.69) is 9.72 Å². The number of pyridine rings is 1. The van der Waals surface area contributed by atoms with E-state index in [0.29, 0.717) is 12.8 Å². The van der Waals surface area contributed by atoms with Crippen LogP contribution in [0.4, 0.5) is 0 Å². The Balaban J connectivity index is 2.39. The molecule has 1 aromatic rings. The van der Waals surface area contributed by atoms with E-state index in [1.165, 1.54) is 25.4 Å². The van der Waals surface area contributed by atoms with Gasteiger partial charge in [-0.2, -0.15) is 0 Å². The molecule has 86 valence electrons. The van der Waals surface area contributed by atoms with Gasteiger partial charge in [-0.3, -0.25) is 0 Å². The highest BCUT2D eigenvalue weighted by Gasteiger charge is 2.38. The molecule has 1 fully saturated rings. The molecular weight excluding hydrogens is 230 g/mol. The van der Waals surface area contributed by atoms with Gasteiger partial charge in [0.15, 0.2) is 14.9 Å². The number of ether oxygens (including phenoxy) is 1. The van der Waals surface area contributed by atoms with Gasteiger partial charge in [0.25, 0.3) is 0 Å². The molecule has 1 heterocycles. The van der Waals surface area contributed by atoms with Gasteiger partial charge in [-0.05, 0) is 25.0 Å². The molecule has 0 aromatic carbocycles. The highest BCUT2D eigenvalue weighted by atomic mass is 32.2. The minimum absolute atomic E-state index is 0.0436. The number of hydrogen-bond acceptors (Lipinski definition) is 5. The molecule has 6 heteroatoms. The van der Waals surface area contributed by atoms with Crippen LogP contribution in [0.5, 0.6) is 0 Å². The zero-order valence-corrected chi connectivity index (χ0v) is 9.53. The van der Waals surface area contributed by atoms with E-state index in [1.54, 1.807) is 0 Å². The number of nitrogens with zero attached hydrogens (tertiary/aromatic N) is 1. The van der Waals surface area contributed by atoms with E-state index in [1.807, 2.05) is 0 Å². The van der Waals surface area contributed by atoms with E-state index >= 15 is 0 Å². The number of carbonyl (C=O) groups excluding carboxylic acids is 1. The van der Waals surface area contributed by atoms with Gasteiger partial charge in [-0.1, -0.05) is 0 Å². The van der Waals surface area contributed by atoms with Crippen LogP contribution in [0.1, 0.15) is 23.2 Å². The molecule has 0 N–H and O–H groups in total. The van der Waals surface area contributed by atoms with Gasteiger partial charge in [-0.15, -0.1) is 0 Å². The van der Waals surface area contributed by atoms with E-state index < -0.39 is 15.8 Å². The van der Waals surface area contributed by atoms with Gasteiger partial charge in [0.1, 0.15) is 0 Å². The molecule has 5 nitrogen and oxygen atoms in total. The first kappa shape index (κ1) is 11.1. The molecule has 0 spiro atoms. The van der Waals surface area contributed by atoms with Crippen molar-refractivity contribution in [3.8, 4) is 0 Å². The summed E-state index contributed by atoms with van der Waals surface area (Å²) in [6, 6.07) is 2.69. The summed E-state index contributed by atoms with van der Waals surface area (Å²) in [5, 5.41) is -0.370. The van der Waals surface area contributed by atoms with Crippen LogP contribution < -0.4 is 0 Å². The lowest BCUT2D eigenvalue weighted by molar-refractivity contribution is 0.0600. The molecule has 0 amide bonds. The van der Waals surface area contributed by atoms with E-state index in [0.717, 1.165) is 0 Å². The number of methoxy groups -OCH3 is 1. The Morgan fingerprint density at radius 3 is 2.75 bits per heavy atom. The highest BCUT2D eigenvalue weighted by molar-refractivity contribution is 7.92. The lowest BCUT2D eigenvalue weighted by atomic mass is 10.3. The first-order valence-electron chi connectivity index (χ1n) is 4.84. The number of esters is 1. The minimum atomic E-state index is -3.35. The van der Waals surface area contributed by atoms with Crippen molar-refractivity contribution in [1.29, 1.82) is 0 Å². The first-order valence-corrected chi connectivity index (χ1v) is 6.38. The van der Waals surface area contributed by atoms with Crippen LogP contribution in [0.15, 0.2) is 23.4 Å². The normalized spacial score (nSPS) is 15.8. The van der Waals surface area contributed by atoms with Crippen LogP contribution in [0.3, 0.4) is 0 Å². The molecule has 16 heavy (non-hydrogen) atoms. The van der Waals surface area contributed by atoms with Crippen LogP contribution in [0.25, 0.3) is 0 Å². The smallest absolute Gasteiger partial charge is 0.338 e. The maximum atomic E-state index is 11.8. The monoisotopic (exact) mass is 241 g/mol. The van der Waals surface area contributed by atoms with Crippen molar-refractivity contribution in [3.05, 3.63) is 23.9 Å². The highest BCUT2D eigenvalue weighted by Crippen LogP contribution is 2.32. The molecule has 0 saturated heterocycles. The van der Waals surface area contributed by atoms with E-state index in [-0.39, 0.29) is 15.8 Å². The second-order valence-electron chi connectivity index (χ2n) is 3.62. The van der Waals surface area contributed by atoms with Crippen molar-refractivity contribution in [2.75, 3.05) is 7.11 Å². The molecule has 1 aliphatic carbocycles. The molecule has 2 rings (SSSR count). The van der Waals surface area contributed by atoms with Crippen molar-refractivity contribution in [3.63, 3.8) is 0 Å². The quantitative estimate of drug-likeness (QED) is 0.732. The lowest BCUT2D eigenvalue weighted by Crippen LogP contribution is -2.11. The fraction of sp³-hybridized carbons (Fsp3) is 0.400. The van der Waals surface area contributed by atoms with Crippen molar-refractivity contribution in [2.24, 2.45) is 0 Å². The van der Waals surface area contributed by atoms with Crippen molar-refractivity contribution in [1.82, 2.24) is 4.98 Å². The van der Waals surface area contributed by atoms with Crippen LogP contribution in [0.2, 0.25) is 0 Å². The zero-order chi connectivity index (χ0) is 11.8. The number of sulfone groups is 1. The van der Waals surface area contributed by atoms with Crippen molar-refractivity contribution >= 4 is 15.8 Å². The average molecular weight is 241 g/mol. The summed E-state index contributed by atoms with van der Waals surface area (Å²) in [6.45, 7) is 0. The Labute approximate surface area is 93.4 Å². The number of rotatable bonds is 3. The third kappa shape index (κ3) is 1.92. The van der Waals surface area contributed by atoms with Gasteiger partial charge in [-0.25, -0.2) is 18.2 Å². The van der Waals surface area contributed by atoms with Gasteiger partial charge >= 0.3 is 5.97 Å². The number of carbonyl (C=O) groups is 1. The van der Waals surface area contributed by atoms with Crippen LogP contribution in [0, 0.1) is 0 Å². The van der Waals surface area contributed by atoms with Crippen LogP contribution in [-0.2, 0) is 14.6 Å². The largest absolute Gasteiger partial charge is 0.465 e. The predicted molar refractivity (Wildman–Crippen MR) is 55.8 cm³/mol. The van der Waals surface area contributed by atoms with Crippen LogP contribution >= 0.6 is 0 Å². The molecular formula is C10H11NO4S. The summed E-state index contributed by atoms with van der Waals surface area (Å²) in [4.78, 5) is 15.0. The molecule has 1 aliphatic rings. The second kappa shape index (κ2) is 3.86. The molecule has 1 aromatic heterocycles. The minimum Gasteiger partial charge on any atom is -0.465 e. The summed E-state index contributed by atoms with van der Waals surface area (Å²) in [5.41, 5.74) is 0.205. The van der Waals surface area contributed by atoms with Gasteiger partial charge in [0.2, 0.25) is 0 Å². The third-order valence-electron chi connectivity index (χ3n) is 2.41. The molecule has 0 bridgehead atoms. The van der Waals surface area contributed by atoms with Gasteiger partial charge < -0.3 is 4.74 Å². The Bertz CT molecular complexity index is 519. The van der Waals surface area contributed by atoms with E-state index in [4.69, 9.17) is 0 Å². The molecule has 0 aliphatic heterocycles. The standard InChI is InChI=1S/C10H11NO4S/c1-15-10(12)7-4-5-11-9(6-7)16(13,14)8-2-3-8/h4-6,8H,2-3H2,1H3. The van der Waals surface area contributed by atoms with E-state index in [9.17, 15) is 13.2 Å². The lowest BCUT2D eigenvalue weighted by Gasteiger charge is -2.03. The summed E-state index contributed by atoms with van der Waals surface area (Å²) in [6.07, 6.45) is 2.65. The Morgan fingerprint density at radius 1 is 1.50 bits per heavy atom. The molecule has 0 atom stereocenters. The Hall–Kier alpha value is -1.43. The van der Waals surface area contributed by atoms with Crippen molar-refractivity contribution in [2.45, 2.75) is 23.1 Å². The maximum absolute atomic E-state index is 11.8. The topological polar surface area (TPSA) is 73.3 Å². The Kier molecular flexibility index (Phi) is 2.67. The maximum Gasteiger partial charge on any atom is 0.338 e. The SMILES string of the molecule is COC(=O)c1ccnc(S(=O)(=O)C2CC2)c1. The zero-order valence-electron chi connectivity index (χ0n) is 8.71. The first-order chi connectivity index (χ1) is 7.55. The summed E-state index contributed by atoms with van der Waals surface area (Å²) >= 11 is 0. The van der Waals surface area contributed by atoms with Crippen LogP contribution in [-0.4, -0.2) is 31.7 Å². The Morgan fingerprint density at radius 2 is 2.19 bits per heavy atom.